The first-order chi connectivity index (χ1) is 11.9. The first-order valence-corrected chi connectivity index (χ1v) is 9.15. The van der Waals surface area contributed by atoms with Gasteiger partial charge in [-0.1, -0.05) is 35.9 Å². The van der Waals surface area contributed by atoms with E-state index < -0.39 is 0 Å². The van der Waals surface area contributed by atoms with Crippen molar-refractivity contribution in [1.82, 2.24) is 10.2 Å². The predicted molar refractivity (Wildman–Crippen MR) is 103 cm³/mol. The van der Waals surface area contributed by atoms with E-state index in [1.165, 1.54) is 11.8 Å². The van der Waals surface area contributed by atoms with Gasteiger partial charge in [-0.15, -0.1) is 11.8 Å². The number of nitrogens with zero attached hydrogens (tertiary/aromatic N) is 1. The molecule has 2 aromatic rings. The van der Waals surface area contributed by atoms with E-state index in [9.17, 15) is 9.59 Å². The molecule has 0 saturated carbocycles. The molecule has 1 atom stereocenters. The third-order valence-electron chi connectivity index (χ3n) is 3.73. The lowest BCUT2D eigenvalue weighted by Crippen LogP contribution is -2.32. The molecule has 0 bridgehead atoms. The zero-order valence-corrected chi connectivity index (χ0v) is 16.0. The van der Waals surface area contributed by atoms with Gasteiger partial charge in [-0.05, 0) is 36.8 Å². The number of thioether (sulfide) groups is 1. The van der Waals surface area contributed by atoms with Crippen molar-refractivity contribution in [2.75, 3.05) is 14.1 Å². The standard InChI is InChI=1S/C19H21ClN2O2S/c1-13(25-17-7-5-4-6-16(17)20)19(24)22(3)12-14-8-10-15(11-9-14)18(23)21-2/h4-11,13H,12H2,1-3H3,(H,21,23). The van der Waals surface area contributed by atoms with Crippen LogP contribution < -0.4 is 5.32 Å². The highest BCUT2D eigenvalue weighted by molar-refractivity contribution is 8.00. The molecule has 1 N–H and O–H groups in total. The fourth-order valence-electron chi connectivity index (χ4n) is 2.35. The molecule has 2 aromatic carbocycles. The third-order valence-corrected chi connectivity index (χ3v) is 5.33. The molecular formula is C19H21ClN2O2S. The summed E-state index contributed by atoms with van der Waals surface area (Å²) in [7, 11) is 3.37. The molecule has 0 saturated heterocycles. The van der Waals surface area contributed by atoms with E-state index in [0.29, 0.717) is 17.1 Å². The molecule has 6 heteroatoms. The van der Waals surface area contributed by atoms with Gasteiger partial charge in [0.05, 0.1) is 10.3 Å². The Labute approximate surface area is 157 Å². The Morgan fingerprint density at radius 2 is 1.80 bits per heavy atom. The van der Waals surface area contributed by atoms with E-state index in [4.69, 9.17) is 11.6 Å². The van der Waals surface area contributed by atoms with Gasteiger partial charge in [0.2, 0.25) is 5.91 Å². The summed E-state index contributed by atoms with van der Waals surface area (Å²) in [6.07, 6.45) is 0. The third kappa shape index (κ3) is 5.25. The maximum absolute atomic E-state index is 12.6. The van der Waals surface area contributed by atoms with Crippen LogP contribution in [0.5, 0.6) is 0 Å². The second kappa shape index (κ2) is 8.92. The van der Waals surface area contributed by atoms with Crippen molar-refractivity contribution >= 4 is 35.2 Å². The molecule has 0 aliphatic rings. The number of nitrogens with one attached hydrogen (secondary N) is 1. The number of rotatable bonds is 6. The number of carbonyl (C=O) groups is 2. The van der Waals surface area contributed by atoms with Crippen LogP contribution in [-0.2, 0) is 11.3 Å². The Morgan fingerprint density at radius 3 is 2.40 bits per heavy atom. The molecule has 2 amide bonds. The number of benzene rings is 2. The van der Waals surface area contributed by atoms with Crippen molar-refractivity contribution in [3.05, 3.63) is 64.7 Å². The maximum Gasteiger partial charge on any atom is 0.251 e. The van der Waals surface area contributed by atoms with Crippen LogP contribution in [0.2, 0.25) is 5.02 Å². The van der Waals surface area contributed by atoms with Crippen molar-refractivity contribution in [2.24, 2.45) is 0 Å². The minimum atomic E-state index is -0.241. The van der Waals surface area contributed by atoms with Crippen LogP contribution in [0.1, 0.15) is 22.8 Å². The minimum Gasteiger partial charge on any atom is -0.355 e. The summed E-state index contributed by atoms with van der Waals surface area (Å²) in [6, 6.07) is 14.7. The number of halogens is 1. The topological polar surface area (TPSA) is 49.4 Å². The molecule has 0 fully saturated rings. The van der Waals surface area contributed by atoms with Gasteiger partial charge in [-0.2, -0.15) is 0 Å². The lowest BCUT2D eigenvalue weighted by molar-refractivity contribution is -0.129. The molecule has 0 radical (unpaired) electrons. The van der Waals surface area contributed by atoms with Gasteiger partial charge in [0, 0.05) is 31.1 Å². The minimum absolute atomic E-state index is 0.0281. The molecule has 1 unspecified atom stereocenters. The zero-order valence-electron chi connectivity index (χ0n) is 14.5. The van der Waals surface area contributed by atoms with Crippen molar-refractivity contribution < 1.29 is 9.59 Å². The number of carbonyl (C=O) groups excluding carboxylic acids is 2. The monoisotopic (exact) mass is 376 g/mol. The van der Waals surface area contributed by atoms with E-state index >= 15 is 0 Å². The Bertz CT molecular complexity index is 749. The normalized spacial score (nSPS) is 11.7. The summed E-state index contributed by atoms with van der Waals surface area (Å²) >= 11 is 7.61. The SMILES string of the molecule is CNC(=O)c1ccc(CN(C)C(=O)C(C)Sc2ccccc2Cl)cc1. The number of hydrogen-bond acceptors (Lipinski definition) is 3. The summed E-state index contributed by atoms with van der Waals surface area (Å²) in [5.41, 5.74) is 1.57. The lowest BCUT2D eigenvalue weighted by Gasteiger charge is -2.21. The molecule has 0 aromatic heterocycles. The van der Waals surface area contributed by atoms with Crippen molar-refractivity contribution in [2.45, 2.75) is 23.6 Å². The van der Waals surface area contributed by atoms with E-state index in [2.05, 4.69) is 5.32 Å². The first kappa shape index (κ1) is 19.3. The van der Waals surface area contributed by atoms with Crippen LogP contribution in [0.15, 0.2) is 53.4 Å². The lowest BCUT2D eigenvalue weighted by atomic mass is 10.1. The quantitative estimate of drug-likeness (QED) is 0.779. The smallest absolute Gasteiger partial charge is 0.251 e. The fourth-order valence-corrected chi connectivity index (χ4v) is 3.62. The second-order valence-electron chi connectivity index (χ2n) is 5.66. The summed E-state index contributed by atoms with van der Waals surface area (Å²) in [6.45, 7) is 2.36. The largest absolute Gasteiger partial charge is 0.355 e. The highest BCUT2D eigenvalue weighted by Gasteiger charge is 2.19. The van der Waals surface area contributed by atoms with E-state index in [0.717, 1.165) is 10.5 Å². The molecule has 4 nitrogen and oxygen atoms in total. The Balaban J connectivity index is 1.97. The highest BCUT2D eigenvalue weighted by Crippen LogP contribution is 2.30. The van der Waals surface area contributed by atoms with Crippen LogP contribution in [0.4, 0.5) is 0 Å². The van der Waals surface area contributed by atoms with Gasteiger partial charge in [0.15, 0.2) is 0 Å². The van der Waals surface area contributed by atoms with Gasteiger partial charge >= 0.3 is 0 Å². The van der Waals surface area contributed by atoms with Crippen LogP contribution in [-0.4, -0.2) is 36.1 Å². The highest BCUT2D eigenvalue weighted by atomic mass is 35.5. The summed E-state index contributed by atoms with van der Waals surface area (Å²) in [5.74, 6) is -0.0963. The van der Waals surface area contributed by atoms with Gasteiger partial charge in [0.1, 0.15) is 0 Å². The Hall–Kier alpha value is -1.98. The first-order valence-electron chi connectivity index (χ1n) is 7.89. The zero-order chi connectivity index (χ0) is 18.4. The second-order valence-corrected chi connectivity index (χ2v) is 7.45. The fraction of sp³-hybridized carbons (Fsp3) is 0.263. The van der Waals surface area contributed by atoms with Crippen LogP contribution in [0, 0.1) is 0 Å². The van der Waals surface area contributed by atoms with Gasteiger partial charge in [0.25, 0.3) is 5.91 Å². The Kier molecular flexibility index (Phi) is 6.91. The predicted octanol–water partition coefficient (Wildman–Crippen LogP) is 3.84. The number of amides is 2. The van der Waals surface area contributed by atoms with Crippen LogP contribution in [0.25, 0.3) is 0 Å². The van der Waals surface area contributed by atoms with Gasteiger partial charge < -0.3 is 10.2 Å². The average molecular weight is 377 g/mol. The molecule has 132 valence electrons. The van der Waals surface area contributed by atoms with Crippen LogP contribution in [0.3, 0.4) is 0 Å². The van der Waals surface area contributed by atoms with Crippen molar-refractivity contribution in [3.63, 3.8) is 0 Å². The van der Waals surface area contributed by atoms with E-state index in [1.54, 1.807) is 31.1 Å². The molecule has 25 heavy (non-hydrogen) atoms. The molecule has 0 aliphatic carbocycles. The maximum atomic E-state index is 12.6. The van der Waals surface area contributed by atoms with Gasteiger partial charge in [-0.3, -0.25) is 9.59 Å². The van der Waals surface area contributed by atoms with Crippen LogP contribution >= 0.6 is 23.4 Å². The van der Waals surface area contributed by atoms with Gasteiger partial charge in [-0.25, -0.2) is 0 Å². The summed E-state index contributed by atoms with van der Waals surface area (Å²) in [4.78, 5) is 26.7. The summed E-state index contributed by atoms with van der Waals surface area (Å²) in [5, 5.41) is 3.00. The molecule has 2 rings (SSSR count). The van der Waals surface area contributed by atoms with Crippen molar-refractivity contribution in [3.8, 4) is 0 Å². The Morgan fingerprint density at radius 1 is 1.16 bits per heavy atom. The molecule has 0 heterocycles. The molecule has 0 aliphatic heterocycles. The van der Waals surface area contributed by atoms with E-state index in [1.807, 2.05) is 43.3 Å². The van der Waals surface area contributed by atoms with E-state index in [-0.39, 0.29) is 17.1 Å². The average Bonchev–Trinajstić information content (AvgIpc) is 2.62. The molecular weight excluding hydrogens is 356 g/mol. The van der Waals surface area contributed by atoms with Crippen molar-refractivity contribution in [1.29, 1.82) is 0 Å². The number of hydrogen-bond donors (Lipinski definition) is 1. The molecule has 0 spiro atoms. The summed E-state index contributed by atoms with van der Waals surface area (Å²) < 4.78 is 0.